The number of aliphatic hydroxyl groups is 1. The summed E-state index contributed by atoms with van der Waals surface area (Å²) < 4.78 is 88.9. The van der Waals surface area contributed by atoms with Crippen molar-refractivity contribution in [1.29, 1.82) is 0 Å². The zero-order chi connectivity index (χ0) is 29.9. The van der Waals surface area contributed by atoms with Crippen LogP contribution in [0.2, 0.25) is 0 Å². The number of aliphatic hydroxyl groups excluding tert-OH is 1. The predicted octanol–water partition coefficient (Wildman–Crippen LogP) is 3.45. The van der Waals surface area contributed by atoms with Gasteiger partial charge in [-0.15, -0.1) is 0 Å². The van der Waals surface area contributed by atoms with Gasteiger partial charge in [0.05, 0.1) is 18.0 Å². The molecule has 1 N–H and O–H groups in total. The molecule has 1 heterocycles. The second kappa shape index (κ2) is 12.3. The lowest BCUT2D eigenvalue weighted by Gasteiger charge is -2.37. The van der Waals surface area contributed by atoms with Crippen molar-refractivity contribution in [2.24, 2.45) is 5.92 Å². The van der Waals surface area contributed by atoms with Gasteiger partial charge in [0.1, 0.15) is 28.4 Å². The van der Waals surface area contributed by atoms with Crippen molar-refractivity contribution in [1.82, 2.24) is 8.61 Å². The Morgan fingerprint density at radius 1 is 1.02 bits per heavy atom. The van der Waals surface area contributed by atoms with Crippen LogP contribution in [0.25, 0.3) is 0 Å². The Hall–Kier alpha value is -3.34. The molecular formula is C29H30F2N2O6S2. The van der Waals surface area contributed by atoms with Crippen molar-refractivity contribution >= 4 is 20.0 Å². The van der Waals surface area contributed by atoms with Crippen LogP contribution in [0.1, 0.15) is 25.0 Å². The van der Waals surface area contributed by atoms with Crippen LogP contribution in [0.4, 0.5) is 8.78 Å². The highest BCUT2D eigenvalue weighted by Gasteiger charge is 2.39. The van der Waals surface area contributed by atoms with Crippen LogP contribution in [-0.4, -0.2) is 69.4 Å². The lowest BCUT2D eigenvalue weighted by Crippen LogP contribution is -2.50. The number of sulfonamides is 2. The molecule has 0 bridgehead atoms. The van der Waals surface area contributed by atoms with Crippen molar-refractivity contribution in [3.05, 3.63) is 89.5 Å². The summed E-state index contributed by atoms with van der Waals surface area (Å²) in [4.78, 5) is -0.247. The fourth-order valence-electron chi connectivity index (χ4n) is 4.34. The third-order valence-electron chi connectivity index (χ3n) is 6.82. The van der Waals surface area contributed by atoms with Gasteiger partial charge >= 0.3 is 0 Å². The van der Waals surface area contributed by atoms with Crippen LogP contribution < -0.4 is 4.74 Å². The maximum Gasteiger partial charge on any atom is 0.247 e. The van der Waals surface area contributed by atoms with E-state index in [1.54, 1.807) is 13.8 Å². The minimum absolute atomic E-state index is 0.0184. The number of likely N-dealkylation sites (N-methyl/N-ethyl adjacent to an activating group) is 1. The van der Waals surface area contributed by atoms with Gasteiger partial charge in [-0.3, -0.25) is 0 Å². The van der Waals surface area contributed by atoms with Crippen LogP contribution >= 0.6 is 0 Å². The number of hydrogen-bond donors (Lipinski definition) is 1. The smallest absolute Gasteiger partial charge is 0.247 e. The van der Waals surface area contributed by atoms with E-state index in [-0.39, 0.29) is 28.6 Å². The standard InChI is InChI=1S/C29H30F2N2O6S2/c1-20-17-33(21(2)19-34)41(37,38)29-15-8-23(5-4-22-6-9-24(30)10-7-22)16-27(29)39-28(20)18-32(3)40(35,36)26-13-11-25(31)12-14-26/h6-16,20-21,28,34H,17-19H2,1-3H3/t20-,21-,28+/m1/s1. The third kappa shape index (κ3) is 6.77. The lowest BCUT2D eigenvalue weighted by molar-refractivity contribution is 0.0904. The van der Waals surface area contributed by atoms with Gasteiger partial charge in [0.25, 0.3) is 0 Å². The van der Waals surface area contributed by atoms with Crippen molar-refractivity contribution in [3.63, 3.8) is 0 Å². The number of ether oxygens (including phenoxy) is 1. The molecule has 0 radical (unpaired) electrons. The molecule has 4 rings (SSSR count). The van der Waals surface area contributed by atoms with E-state index < -0.39 is 56.4 Å². The highest BCUT2D eigenvalue weighted by atomic mass is 32.2. The van der Waals surface area contributed by atoms with E-state index in [1.807, 2.05) is 0 Å². The molecule has 8 nitrogen and oxygen atoms in total. The highest BCUT2D eigenvalue weighted by Crippen LogP contribution is 2.34. The Morgan fingerprint density at radius 3 is 2.20 bits per heavy atom. The van der Waals surface area contributed by atoms with Gasteiger partial charge in [-0.05, 0) is 73.7 Å². The van der Waals surface area contributed by atoms with Crippen LogP contribution in [0, 0.1) is 29.4 Å². The van der Waals surface area contributed by atoms with E-state index in [0.717, 1.165) is 16.4 Å². The van der Waals surface area contributed by atoms with Gasteiger partial charge in [0.15, 0.2) is 0 Å². The maximum absolute atomic E-state index is 13.7. The third-order valence-corrected chi connectivity index (χ3v) is 10.7. The van der Waals surface area contributed by atoms with E-state index >= 15 is 0 Å². The molecule has 0 aromatic heterocycles. The van der Waals surface area contributed by atoms with Crippen molar-refractivity contribution < 1.29 is 35.5 Å². The number of benzene rings is 3. The largest absolute Gasteiger partial charge is 0.487 e. The van der Waals surface area contributed by atoms with Gasteiger partial charge in [0.2, 0.25) is 20.0 Å². The van der Waals surface area contributed by atoms with E-state index in [0.29, 0.717) is 11.1 Å². The normalized spacial score (nSPS) is 19.7. The average molecular weight is 605 g/mol. The second-order valence-corrected chi connectivity index (χ2v) is 13.8. The second-order valence-electron chi connectivity index (χ2n) is 9.90. The van der Waals surface area contributed by atoms with Crippen LogP contribution in [0.15, 0.2) is 76.5 Å². The first-order valence-electron chi connectivity index (χ1n) is 12.8. The predicted molar refractivity (Wildman–Crippen MR) is 149 cm³/mol. The number of fused-ring (bicyclic) bond motifs is 1. The van der Waals surface area contributed by atoms with Crippen LogP contribution in [0.3, 0.4) is 0 Å². The zero-order valence-electron chi connectivity index (χ0n) is 22.7. The van der Waals surface area contributed by atoms with Gasteiger partial charge in [-0.2, -0.15) is 8.61 Å². The Labute approximate surface area is 239 Å². The Bertz CT molecular complexity index is 1670. The van der Waals surface area contributed by atoms with Crippen LogP contribution in [0.5, 0.6) is 5.75 Å². The topological polar surface area (TPSA) is 104 Å². The van der Waals surface area contributed by atoms with Crippen molar-refractivity contribution in [2.45, 2.75) is 35.8 Å². The molecule has 3 atom stereocenters. The monoisotopic (exact) mass is 604 g/mol. The molecule has 3 aromatic carbocycles. The number of rotatable bonds is 6. The minimum Gasteiger partial charge on any atom is -0.487 e. The molecule has 0 unspecified atom stereocenters. The summed E-state index contributed by atoms with van der Waals surface area (Å²) in [5.74, 6) is 4.32. The Kier molecular flexibility index (Phi) is 9.16. The fraction of sp³-hybridized carbons (Fsp3) is 0.310. The Morgan fingerprint density at radius 2 is 1.59 bits per heavy atom. The summed E-state index contributed by atoms with van der Waals surface area (Å²) in [5.41, 5.74) is 0.970. The van der Waals surface area contributed by atoms with Crippen molar-refractivity contribution in [2.75, 3.05) is 26.7 Å². The summed E-state index contributed by atoms with van der Waals surface area (Å²) >= 11 is 0. The molecular weight excluding hydrogens is 574 g/mol. The zero-order valence-corrected chi connectivity index (χ0v) is 24.3. The van der Waals surface area contributed by atoms with Gasteiger partial charge in [-0.1, -0.05) is 18.8 Å². The highest BCUT2D eigenvalue weighted by molar-refractivity contribution is 7.89. The van der Waals surface area contributed by atoms with E-state index in [2.05, 4.69) is 11.8 Å². The molecule has 41 heavy (non-hydrogen) atoms. The number of hydrogen-bond acceptors (Lipinski definition) is 6. The molecule has 0 spiro atoms. The van der Waals surface area contributed by atoms with Gasteiger partial charge < -0.3 is 9.84 Å². The number of halogens is 2. The molecule has 0 fully saturated rings. The molecule has 1 aliphatic heterocycles. The van der Waals surface area contributed by atoms with Crippen molar-refractivity contribution in [3.8, 4) is 17.6 Å². The summed E-state index contributed by atoms with van der Waals surface area (Å²) in [6.45, 7) is 2.71. The van der Waals surface area contributed by atoms with E-state index in [1.165, 1.54) is 66.0 Å². The minimum atomic E-state index is -4.11. The molecule has 0 saturated heterocycles. The summed E-state index contributed by atoms with van der Waals surface area (Å²) in [6.07, 6.45) is -0.807. The molecule has 0 saturated carbocycles. The van der Waals surface area contributed by atoms with Gasteiger partial charge in [-0.25, -0.2) is 25.6 Å². The lowest BCUT2D eigenvalue weighted by atomic mass is 10.0. The molecule has 12 heteroatoms. The molecule has 3 aromatic rings. The first-order chi connectivity index (χ1) is 19.3. The fourth-order valence-corrected chi connectivity index (χ4v) is 7.35. The summed E-state index contributed by atoms with van der Waals surface area (Å²) in [6, 6.07) is 13.6. The van der Waals surface area contributed by atoms with Crippen LogP contribution in [-0.2, 0) is 20.0 Å². The van der Waals surface area contributed by atoms with Gasteiger partial charge in [0, 0.05) is 36.7 Å². The van der Waals surface area contributed by atoms with E-state index in [9.17, 15) is 30.7 Å². The average Bonchev–Trinajstić information content (AvgIpc) is 2.94. The summed E-state index contributed by atoms with van der Waals surface area (Å²) in [7, 11) is -6.77. The SMILES string of the molecule is C[C@@H]1CN([C@H](C)CO)S(=O)(=O)c2ccc(C#Cc3ccc(F)cc3)cc2O[C@H]1CN(C)S(=O)(=O)c1ccc(F)cc1. The first kappa shape index (κ1) is 30.6. The maximum atomic E-state index is 13.7. The van der Waals surface area contributed by atoms with E-state index in [4.69, 9.17) is 4.74 Å². The molecule has 1 aliphatic rings. The molecule has 0 amide bonds. The first-order valence-corrected chi connectivity index (χ1v) is 15.6. The Balaban J connectivity index is 1.74. The number of nitrogens with zero attached hydrogens (tertiary/aromatic N) is 2. The molecule has 0 aliphatic carbocycles. The molecule has 218 valence electrons. The summed E-state index contributed by atoms with van der Waals surface area (Å²) in [5, 5.41) is 9.83. The quantitative estimate of drug-likeness (QED) is 0.433.